The molecule has 8 heteroatoms. The van der Waals surface area contributed by atoms with Gasteiger partial charge in [0.05, 0.1) is 10.6 Å². The van der Waals surface area contributed by atoms with Gasteiger partial charge in [-0.3, -0.25) is 4.79 Å². The number of carbonyl (C=O) groups excluding carboxylic acids is 1. The fourth-order valence-electron chi connectivity index (χ4n) is 3.04. The zero-order valence-electron chi connectivity index (χ0n) is 14.8. The third kappa shape index (κ3) is 4.17. The van der Waals surface area contributed by atoms with Crippen LogP contribution in [0.15, 0.2) is 41.3 Å². The van der Waals surface area contributed by atoms with Crippen LogP contribution in [0, 0.1) is 18.6 Å². The highest BCUT2D eigenvalue weighted by Crippen LogP contribution is 2.24. The largest absolute Gasteiger partial charge is 0.319 e. The Balaban J connectivity index is 1.91. The van der Waals surface area contributed by atoms with Crippen LogP contribution in [0.2, 0.25) is 0 Å². The SMILES string of the molecule is Cc1ccc(S(=O)(=O)N2CCCCC2)cc1C(=O)Nc1cc(F)ccc1F. The highest BCUT2D eigenvalue weighted by Gasteiger charge is 2.27. The molecule has 0 bridgehead atoms. The number of amides is 1. The first-order valence-corrected chi connectivity index (χ1v) is 10.1. The minimum Gasteiger partial charge on any atom is -0.319 e. The number of halogens is 2. The summed E-state index contributed by atoms with van der Waals surface area (Å²) in [7, 11) is -3.70. The van der Waals surface area contributed by atoms with Gasteiger partial charge in [0, 0.05) is 24.7 Å². The Hall–Kier alpha value is -2.32. The highest BCUT2D eigenvalue weighted by molar-refractivity contribution is 7.89. The Morgan fingerprint density at radius 3 is 2.44 bits per heavy atom. The molecular weight excluding hydrogens is 374 g/mol. The van der Waals surface area contributed by atoms with Crippen molar-refractivity contribution < 1.29 is 22.0 Å². The van der Waals surface area contributed by atoms with Crippen molar-refractivity contribution >= 4 is 21.6 Å². The monoisotopic (exact) mass is 394 g/mol. The van der Waals surface area contributed by atoms with Crippen molar-refractivity contribution in [3.8, 4) is 0 Å². The summed E-state index contributed by atoms with van der Waals surface area (Å²) in [5.74, 6) is -2.17. The van der Waals surface area contributed by atoms with Crippen LogP contribution in [0.5, 0.6) is 0 Å². The van der Waals surface area contributed by atoms with Crippen LogP contribution >= 0.6 is 0 Å². The molecule has 1 heterocycles. The Morgan fingerprint density at radius 1 is 1.04 bits per heavy atom. The van der Waals surface area contributed by atoms with Gasteiger partial charge in [0.2, 0.25) is 10.0 Å². The van der Waals surface area contributed by atoms with E-state index in [1.54, 1.807) is 6.92 Å². The predicted octanol–water partition coefficient (Wildman–Crippen LogP) is 3.70. The summed E-state index contributed by atoms with van der Waals surface area (Å²) >= 11 is 0. The fraction of sp³-hybridized carbons (Fsp3) is 0.316. The van der Waals surface area contributed by atoms with Gasteiger partial charge in [0.15, 0.2) is 0 Å². The molecule has 1 N–H and O–H groups in total. The molecule has 1 saturated heterocycles. The lowest BCUT2D eigenvalue weighted by Gasteiger charge is -2.26. The molecule has 27 heavy (non-hydrogen) atoms. The first-order valence-electron chi connectivity index (χ1n) is 8.66. The molecule has 0 saturated carbocycles. The van der Waals surface area contributed by atoms with Crippen molar-refractivity contribution in [1.82, 2.24) is 4.31 Å². The van der Waals surface area contributed by atoms with E-state index in [-0.39, 0.29) is 16.1 Å². The van der Waals surface area contributed by atoms with E-state index in [9.17, 15) is 22.0 Å². The summed E-state index contributed by atoms with van der Waals surface area (Å²) in [5, 5.41) is 2.30. The molecule has 3 rings (SSSR count). The van der Waals surface area contributed by atoms with Gasteiger partial charge in [-0.2, -0.15) is 4.31 Å². The van der Waals surface area contributed by atoms with E-state index in [2.05, 4.69) is 5.32 Å². The maximum Gasteiger partial charge on any atom is 0.256 e. The number of nitrogens with zero attached hydrogens (tertiary/aromatic N) is 1. The lowest BCUT2D eigenvalue weighted by atomic mass is 10.1. The third-order valence-electron chi connectivity index (χ3n) is 4.58. The van der Waals surface area contributed by atoms with Crippen molar-refractivity contribution in [1.29, 1.82) is 0 Å². The lowest BCUT2D eigenvalue weighted by Crippen LogP contribution is -2.35. The summed E-state index contributed by atoms with van der Waals surface area (Å²) < 4.78 is 54.1. The van der Waals surface area contributed by atoms with Gasteiger partial charge in [-0.15, -0.1) is 0 Å². The number of hydrogen-bond donors (Lipinski definition) is 1. The molecule has 1 amide bonds. The molecule has 0 aliphatic carbocycles. The van der Waals surface area contributed by atoms with E-state index in [1.165, 1.54) is 22.5 Å². The standard InChI is InChI=1S/C19H20F2N2O3S/c1-13-5-7-15(27(25,26)23-9-3-2-4-10-23)12-16(13)19(24)22-18-11-14(20)6-8-17(18)21/h5-8,11-12H,2-4,9-10H2,1H3,(H,22,24). The average molecular weight is 394 g/mol. The summed E-state index contributed by atoms with van der Waals surface area (Å²) in [5.41, 5.74) is 0.322. The topological polar surface area (TPSA) is 66.5 Å². The molecule has 0 unspecified atom stereocenters. The van der Waals surface area contributed by atoms with E-state index in [1.807, 2.05) is 0 Å². The van der Waals surface area contributed by atoms with Crippen LogP contribution in [0.3, 0.4) is 0 Å². The second-order valence-electron chi connectivity index (χ2n) is 6.52. The van der Waals surface area contributed by atoms with Crippen LogP contribution < -0.4 is 5.32 Å². The second kappa shape index (κ2) is 7.74. The molecule has 0 aromatic heterocycles. The molecule has 1 aliphatic rings. The lowest BCUT2D eigenvalue weighted by molar-refractivity contribution is 0.102. The van der Waals surface area contributed by atoms with E-state index in [0.717, 1.165) is 37.5 Å². The maximum atomic E-state index is 13.8. The van der Waals surface area contributed by atoms with Crippen LogP contribution in [0.1, 0.15) is 35.2 Å². The Bertz CT molecular complexity index is 971. The van der Waals surface area contributed by atoms with E-state index in [0.29, 0.717) is 18.7 Å². The Kier molecular flexibility index (Phi) is 5.57. The van der Waals surface area contributed by atoms with Crippen LogP contribution in [-0.2, 0) is 10.0 Å². The van der Waals surface area contributed by atoms with E-state index in [4.69, 9.17) is 0 Å². The third-order valence-corrected chi connectivity index (χ3v) is 6.48. The molecule has 2 aromatic carbocycles. The average Bonchev–Trinajstić information content (AvgIpc) is 2.65. The van der Waals surface area contributed by atoms with Crippen molar-refractivity contribution in [3.05, 3.63) is 59.2 Å². The smallest absolute Gasteiger partial charge is 0.256 e. The molecule has 5 nitrogen and oxygen atoms in total. The number of benzene rings is 2. The Morgan fingerprint density at radius 2 is 1.74 bits per heavy atom. The molecule has 1 fully saturated rings. The summed E-state index contributed by atoms with van der Waals surface area (Å²) in [6, 6.07) is 7.01. The number of anilines is 1. The first kappa shape index (κ1) is 19.4. The fourth-order valence-corrected chi connectivity index (χ4v) is 4.59. The zero-order chi connectivity index (χ0) is 19.6. The molecule has 0 atom stereocenters. The predicted molar refractivity (Wildman–Crippen MR) is 98.1 cm³/mol. The maximum absolute atomic E-state index is 13.8. The number of aryl methyl sites for hydroxylation is 1. The van der Waals surface area contributed by atoms with Crippen molar-refractivity contribution in [3.63, 3.8) is 0 Å². The number of rotatable bonds is 4. The van der Waals surface area contributed by atoms with Crippen LogP contribution in [-0.4, -0.2) is 31.7 Å². The summed E-state index contributed by atoms with van der Waals surface area (Å²) in [6.45, 7) is 2.55. The number of piperidine rings is 1. The molecule has 2 aromatic rings. The van der Waals surface area contributed by atoms with Gasteiger partial charge in [-0.25, -0.2) is 17.2 Å². The van der Waals surface area contributed by atoms with Crippen LogP contribution in [0.4, 0.5) is 14.5 Å². The van der Waals surface area contributed by atoms with E-state index < -0.39 is 27.6 Å². The van der Waals surface area contributed by atoms with Gasteiger partial charge >= 0.3 is 0 Å². The number of hydrogen-bond acceptors (Lipinski definition) is 3. The van der Waals surface area contributed by atoms with Gasteiger partial charge in [0.1, 0.15) is 11.6 Å². The van der Waals surface area contributed by atoms with Gasteiger partial charge in [0.25, 0.3) is 5.91 Å². The zero-order valence-corrected chi connectivity index (χ0v) is 15.7. The number of carbonyl (C=O) groups is 1. The highest BCUT2D eigenvalue weighted by atomic mass is 32.2. The normalized spacial score (nSPS) is 15.5. The van der Waals surface area contributed by atoms with Crippen molar-refractivity contribution in [2.45, 2.75) is 31.1 Å². The Labute approximate surface area is 157 Å². The van der Waals surface area contributed by atoms with Gasteiger partial charge in [-0.1, -0.05) is 12.5 Å². The van der Waals surface area contributed by atoms with Gasteiger partial charge < -0.3 is 5.32 Å². The van der Waals surface area contributed by atoms with E-state index >= 15 is 0 Å². The van der Waals surface area contributed by atoms with Crippen molar-refractivity contribution in [2.75, 3.05) is 18.4 Å². The summed E-state index contributed by atoms with van der Waals surface area (Å²) in [4.78, 5) is 12.6. The molecule has 1 aliphatic heterocycles. The van der Waals surface area contributed by atoms with Crippen molar-refractivity contribution in [2.24, 2.45) is 0 Å². The second-order valence-corrected chi connectivity index (χ2v) is 8.46. The quantitative estimate of drug-likeness (QED) is 0.860. The van der Waals surface area contributed by atoms with Crippen LogP contribution in [0.25, 0.3) is 0 Å². The summed E-state index contributed by atoms with van der Waals surface area (Å²) in [6.07, 6.45) is 2.60. The minimum absolute atomic E-state index is 0.0138. The number of nitrogens with one attached hydrogen (secondary N) is 1. The first-order chi connectivity index (χ1) is 12.8. The molecule has 0 radical (unpaired) electrons. The minimum atomic E-state index is -3.70. The number of sulfonamides is 1. The molecule has 0 spiro atoms. The van der Waals surface area contributed by atoms with Gasteiger partial charge in [-0.05, 0) is 49.6 Å². The molecule has 144 valence electrons. The molecular formula is C19H20F2N2O3S.